The average Bonchev–Trinajstić information content (AvgIpc) is 2.71. The van der Waals surface area contributed by atoms with Gasteiger partial charge in [0.1, 0.15) is 5.82 Å². The SMILES string of the molecule is CCC(C)n1nc(C)nc1-c1ccccc1. The van der Waals surface area contributed by atoms with E-state index in [1.807, 2.05) is 29.8 Å². The summed E-state index contributed by atoms with van der Waals surface area (Å²) in [6.07, 6.45) is 1.06. The number of benzene rings is 1. The maximum Gasteiger partial charge on any atom is 0.158 e. The van der Waals surface area contributed by atoms with E-state index in [4.69, 9.17) is 0 Å². The highest BCUT2D eigenvalue weighted by atomic mass is 15.4. The summed E-state index contributed by atoms with van der Waals surface area (Å²) in [4.78, 5) is 4.50. The molecular weight excluding hydrogens is 198 g/mol. The van der Waals surface area contributed by atoms with E-state index in [9.17, 15) is 0 Å². The second kappa shape index (κ2) is 4.47. The van der Waals surface area contributed by atoms with Gasteiger partial charge in [-0.25, -0.2) is 9.67 Å². The first-order valence-electron chi connectivity index (χ1n) is 5.71. The van der Waals surface area contributed by atoms with Crippen molar-refractivity contribution in [3.05, 3.63) is 36.2 Å². The first-order chi connectivity index (χ1) is 7.72. The molecule has 1 aromatic heterocycles. The molecule has 0 aliphatic rings. The zero-order valence-corrected chi connectivity index (χ0v) is 10.0. The summed E-state index contributed by atoms with van der Waals surface area (Å²) in [5.41, 5.74) is 1.13. The van der Waals surface area contributed by atoms with E-state index in [1.54, 1.807) is 0 Å². The largest absolute Gasteiger partial charge is 0.243 e. The van der Waals surface area contributed by atoms with Gasteiger partial charge in [-0.3, -0.25) is 0 Å². The van der Waals surface area contributed by atoms with Gasteiger partial charge in [-0.1, -0.05) is 37.3 Å². The zero-order chi connectivity index (χ0) is 11.5. The number of rotatable bonds is 3. The van der Waals surface area contributed by atoms with Crippen LogP contribution in [0.4, 0.5) is 0 Å². The normalized spacial score (nSPS) is 12.7. The van der Waals surface area contributed by atoms with Crippen LogP contribution < -0.4 is 0 Å². The Kier molecular flexibility index (Phi) is 3.04. The van der Waals surface area contributed by atoms with Crippen LogP contribution in [0.3, 0.4) is 0 Å². The van der Waals surface area contributed by atoms with Gasteiger partial charge in [-0.05, 0) is 20.3 Å². The third kappa shape index (κ3) is 1.98. The number of hydrogen-bond donors (Lipinski definition) is 0. The molecule has 1 aromatic carbocycles. The maximum atomic E-state index is 4.50. The van der Waals surface area contributed by atoms with Gasteiger partial charge < -0.3 is 0 Å². The number of nitrogens with zero attached hydrogens (tertiary/aromatic N) is 3. The van der Waals surface area contributed by atoms with Crippen LogP contribution in [0.5, 0.6) is 0 Å². The molecule has 2 rings (SSSR count). The van der Waals surface area contributed by atoms with Crippen molar-refractivity contribution in [3.63, 3.8) is 0 Å². The molecule has 0 fully saturated rings. The molecule has 1 heterocycles. The lowest BCUT2D eigenvalue weighted by atomic mass is 10.2. The van der Waals surface area contributed by atoms with Gasteiger partial charge >= 0.3 is 0 Å². The molecule has 0 saturated heterocycles. The molecule has 0 spiro atoms. The Labute approximate surface area is 96.1 Å². The lowest BCUT2D eigenvalue weighted by Gasteiger charge is -2.11. The minimum Gasteiger partial charge on any atom is -0.243 e. The van der Waals surface area contributed by atoms with Crippen LogP contribution in [0.15, 0.2) is 30.3 Å². The van der Waals surface area contributed by atoms with Crippen LogP contribution >= 0.6 is 0 Å². The Balaban J connectivity index is 2.48. The molecule has 1 unspecified atom stereocenters. The van der Waals surface area contributed by atoms with Crippen molar-refractivity contribution < 1.29 is 0 Å². The molecule has 3 heteroatoms. The predicted molar refractivity (Wildman–Crippen MR) is 65.2 cm³/mol. The fourth-order valence-corrected chi connectivity index (χ4v) is 1.69. The molecule has 84 valence electrons. The summed E-state index contributed by atoms with van der Waals surface area (Å²) in [7, 11) is 0. The topological polar surface area (TPSA) is 30.7 Å². The molecule has 2 aromatic rings. The van der Waals surface area contributed by atoms with Gasteiger partial charge in [0, 0.05) is 5.56 Å². The van der Waals surface area contributed by atoms with E-state index in [1.165, 1.54) is 0 Å². The fraction of sp³-hybridized carbons (Fsp3) is 0.385. The van der Waals surface area contributed by atoms with Crippen molar-refractivity contribution in [2.24, 2.45) is 0 Å². The lowest BCUT2D eigenvalue weighted by Crippen LogP contribution is -2.07. The Bertz CT molecular complexity index is 459. The number of aryl methyl sites for hydroxylation is 1. The molecule has 0 aliphatic carbocycles. The van der Waals surface area contributed by atoms with Gasteiger partial charge in [0.05, 0.1) is 6.04 Å². The highest BCUT2D eigenvalue weighted by molar-refractivity contribution is 5.54. The second-order valence-corrected chi connectivity index (χ2v) is 4.05. The Morgan fingerprint density at radius 3 is 2.56 bits per heavy atom. The van der Waals surface area contributed by atoms with Gasteiger partial charge in [0.15, 0.2) is 5.82 Å². The summed E-state index contributed by atoms with van der Waals surface area (Å²) >= 11 is 0. The molecule has 3 nitrogen and oxygen atoms in total. The Hall–Kier alpha value is -1.64. The quantitative estimate of drug-likeness (QED) is 0.787. The lowest BCUT2D eigenvalue weighted by molar-refractivity contribution is 0.480. The molecule has 16 heavy (non-hydrogen) atoms. The van der Waals surface area contributed by atoms with Crippen LogP contribution in [0.25, 0.3) is 11.4 Å². The Morgan fingerprint density at radius 1 is 1.25 bits per heavy atom. The smallest absolute Gasteiger partial charge is 0.158 e. The van der Waals surface area contributed by atoms with Crippen molar-refractivity contribution in [3.8, 4) is 11.4 Å². The third-order valence-corrected chi connectivity index (χ3v) is 2.78. The van der Waals surface area contributed by atoms with Crippen LogP contribution in [-0.2, 0) is 0 Å². The van der Waals surface area contributed by atoms with E-state index in [0.717, 1.165) is 23.6 Å². The highest BCUT2D eigenvalue weighted by Crippen LogP contribution is 2.21. The van der Waals surface area contributed by atoms with E-state index in [0.29, 0.717) is 6.04 Å². The van der Waals surface area contributed by atoms with Crippen LogP contribution in [0.2, 0.25) is 0 Å². The number of hydrogen-bond acceptors (Lipinski definition) is 2. The zero-order valence-electron chi connectivity index (χ0n) is 10.0. The standard InChI is InChI=1S/C13H17N3/c1-4-10(2)16-13(14-11(3)15-16)12-8-6-5-7-9-12/h5-10H,4H2,1-3H3. The third-order valence-electron chi connectivity index (χ3n) is 2.78. The van der Waals surface area contributed by atoms with Gasteiger partial charge in [0.25, 0.3) is 0 Å². The average molecular weight is 215 g/mol. The van der Waals surface area contributed by atoms with E-state index < -0.39 is 0 Å². The summed E-state index contributed by atoms with van der Waals surface area (Å²) in [6.45, 7) is 6.27. The van der Waals surface area contributed by atoms with Gasteiger partial charge in [0.2, 0.25) is 0 Å². The van der Waals surface area contributed by atoms with Crippen molar-refractivity contribution in [1.29, 1.82) is 0 Å². The summed E-state index contributed by atoms with van der Waals surface area (Å²) in [5.74, 6) is 1.80. The highest BCUT2D eigenvalue weighted by Gasteiger charge is 2.13. The summed E-state index contributed by atoms with van der Waals surface area (Å²) in [5, 5.41) is 4.46. The van der Waals surface area contributed by atoms with E-state index in [-0.39, 0.29) is 0 Å². The molecule has 0 N–H and O–H groups in total. The van der Waals surface area contributed by atoms with Crippen molar-refractivity contribution in [1.82, 2.24) is 14.8 Å². The monoisotopic (exact) mass is 215 g/mol. The molecule has 0 aliphatic heterocycles. The predicted octanol–water partition coefficient (Wildman–Crippen LogP) is 3.22. The molecule has 0 bridgehead atoms. The molecule has 0 amide bonds. The maximum absolute atomic E-state index is 4.50. The summed E-state index contributed by atoms with van der Waals surface area (Å²) < 4.78 is 2.02. The van der Waals surface area contributed by atoms with Crippen molar-refractivity contribution in [2.75, 3.05) is 0 Å². The minimum atomic E-state index is 0.386. The first-order valence-corrected chi connectivity index (χ1v) is 5.71. The van der Waals surface area contributed by atoms with Crippen molar-refractivity contribution >= 4 is 0 Å². The van der Waals surface area contributed by atoms with Crippen molar-refractivity contribution in [2.45, 2.75) is 33.2 Å². The first kappa shape index (κ1) is 10.9. The van der Waals surface area contributed by atoms with Gasteiger partial charge in [-0.2, -0.15) is 5.10 Å². The molecule has 0 radical (unpaired) electrons. The molecule has 1 atom stereocenters. The second-order valence-electron chi connectivity index (χ2n) is 4.05. The van der Waals surface area contributed by atoms with E-state index >= 15 is 0 Å². The fourth-order valence-electron chi connectivity index (χ4n) is 1.69. The minimum absolute atomic E-state index is 0.386. The molecular formula is C13H17N3. The van der Waals surface area contributed by atoms with Gasteiger partial charge in [-0.15, -0.1) is 0 Å². The van der Waals surface area contributed by atoms with E-state index in [2.05, 4.69) is 36.1 Å². The summed E-state index contributed by atoms with van der Waals surface area (Å²) in [6, 6.07) is 10.6. The van der Waals surface area contributed by atoms with Crippen LogP contribution in [0, 0.1) is 6.92 Å². The van der Waals surface area contributed by atoms with Crippen LogP contribution in [0.1, 0.15) is 32.1 Å². The Morgan fingerprint density at radius 2 is 1.94 bits per heavy atom. The number of aromatic nitrogens is 3. The molecule has 0 saturated carbocycles. The van der Waals surface area contributed by atoms with Crippen LogP contribution in [-0.4, -0.2) is 14.8 Å².